The molecule has 4 rings (SSSR count). The molecular formula is C28H29NO7. The maximum atomic E-state index is 12.9. The zero-order chi connectivity index (χ0) is 25.8. The van der Waals surface area contributed by atoms with Crippen LogP contribution in [0.25, 0.3) is 17.2 Å². The van der Waals surface area contributed by atoms with Crippen molar-refractivity contribution in [3.63, 3.8) is 0 Å². The Kier molecular flexibility index (Phi) is 7.24. The van der Waals surface area contributed by atoms with E-state index in [0.717, 1.165) is 33.4 Å². The average Bonchev–Trinajstić information content (AvgIpc) is 3.50. The minimum absolute atomic E-state index is 0.0680. The molecule has 0 atom stereocenters. The molecule has 1 aliphatic carbocycles. The number of allylic oxidation sites excluding steroid dienone is 2. The van der Waals surface area contributed by atoms with Crippen LogP contribution in [0, 0.1) is 0 Å². The van der Waals surface area contributed by atoms with Crippen LogP contribution in [0.2, 0.25) is 0 Å². The summed E-state index contributed by atoms with van der Waals surface area (Å²) in [6, 6.07) is 10.9. The summed E-state index contributed by atoms with van der Waals surface area (Å²) in [7, 11) is 6.13. The van der Waals surface area contributed by atoms with Crippen molar-refractivity contribution in [2.45, 2.75) is 19.9 Å². The molecular weight excluding hydrogens is 462 g/mol. The van der Waals surface area contributed by atoms with Crippen LogP contribution < -0.4 is 24.3 Å². The fourth-order valence-corrected chi connectivity index (χ4v) is 4.32. The van der Waals surface area contributed by atoms with Gasteiger partial charge in [0.25, 0.3) is 0 Å². The second-order valence-corrected chi connectivity index (χ2v) is 8.22. The van der Waals surface area contributed by atoms with Crippen LogP contribution in [0.15, 0.2) is 52.7 Å². The highest BCUT2D eigenvalue weighted by molar-refractivity contribution is 6.08. The van der Waals surface area contributed by atoms with Crippen molar-refractivity contribution in [2.24, 2.45) is 0 Å². The summed E-state index contributed by atoms with van der Waals surface area (Å²) in [4.78, 5) is 12.9. The molecule has 0 saturated heterocycles. The van der Waals surface area contributed by atoms with Crippen LogP contribution >= 0.6 is 0 Å². The fraction of sp³-hybridized carbons (Fsp3) is 0.250. The monoisotopic (exact) mass is 491 g/mol. The van der Waals surface area contributed by atoms with Gasteiger partial charge in [0.1, 0.15) is 5.76 Å². The number of nitrogens with one attached hydrogen (secondary N) is 1. The molecule has 0 radical (unpaired) electrons. The number of hydrogen-bond acceptors (Lipinski definition) is 7. The van der Waals surface area contributed by atoms with Crippen LogP contribution in [0.5, 0.6) is 28.7 Å². The van der Waals surface area contributed by atoms with E-state index in [2.05, 4.69) is 5.32 Å². The third-order valence-corrected chi connectivity index (χ3v) is 6.19. The molecule has 3 aromatic rings. The van der Waals surface area contributed by atoms with Gasteiger partial charge in [-0.25, -0.2) is 0 Å². The lowest BCUT2D eigenvalue weighted by Gasteiger charge is -2.13. The Labute approximate surface area is 209 Å². The Morgan fingerprint density at radius 3 is 2.11 bits per heavy atom. The molecule has 188 valence electrons. The van der Waals surface area contributed by atoms with Gasteiger partial charge in [0.2, 0.25) is 11.7 Å². The molecule has 1 heterocycles. The van der Waals surface area contributed by atoms with E-state index in [0.29, 0.717) is 35.3 Å². The van der Waals surface area contributed by atoms with Crippen LogP contribution in [0.3, 0.4) is 0 Å². The number of rotatable bonds is 9. The first-order valence-corrected chi connectivity index (χ1v) is 11.3. The van der Waals surface area contributed by atoms with Gasteiger partial charge in [0.15, 0.2) is 23.0 Å². The minimum atomic E-state index is -0.129. The number of carbonyl (C=O) groups is 1. The third-order valence-electron chi connectivity index (χ3n) is 6.19. The highest BCUT2D eigenvalue weighted by atomic mass is 16.5. The molecule has 8 heteroatoms. The predicted molar refractivity (Wildman–Crippen MR) is 136 cm³/mol. The maximum absolute atomic E-state index is 12.9. The van der Waals surface area contributed by atoms with E-state index >= 15 is 0 Å². The highest BCUT2D eigenvalue weighted by Gasteiger charge is 2.28. The quantitative estimate of drug-likeness (QED) is 0.432. The minimum Gasteiger partial charge on any atom is -0.502 e. The van der Waals surface area contributed by atoms with Gasteiger partial charge in [-0.15, -0.1) is 0 Å². The van der Waals surface area contributed by atoms with Gasteiger partial charge in [-0.05, 0) is 82.8 Å². The maximum Gasteiger partial charge on any atom is 0.224 e. The fourth-order valence-electron chi connectivity index (χ4n) is 4.32. The lowest BCUT2D eigenvalue weighted by atomic mass is 9.99. The molecule has 0 bridgehead atoms. The molecule has 36 heavy (non-hydrogen) atoms. The van der Waals surface area contributed by atoms with Gasteiger partial charge in [0.05, 0.1) is 47.7 Å². The summed E-state index contributed by atoms with van der Waals surface area (Å²) < 4.78 is 27.0. The van der Waals surface area contributed by atoms with Crippen molar-refractivity contribution in [1.82, 2.24) is 5.32 Å². The van der Waals surface area contributed by atoms with Crippen molar-refractivity contribution in [1.29, 1.82) is 0 Å². The van der Waals surface area contributed by atoms with Gasteiger partial charge in [-0.1, -0.05) is 0 Å². The molecule has 1 aliphatic rings. The van der Waals surface area contributed by atoms with E-state index in [1.54, 1.807) is 38.7 Å². The Bertz CT molecular complexity index is 1310. The molecule has 1 aromatic heterocycles. The van der Waals surface area contributed by atoms with Crippen molar-refractivity contribution in [3.05, 3.63) is 70.7 Å². The first-order valence-electron chi connectivity index (χ1n) is 11.3. The van der Waals surface area contributed by atoms with E-state index in [4.69, 9.17) is 23.4 Å². The van der Waals surface area contributed by atoms with E-state index in [1.807, 2.05) is 31.2 Å². The molecule has 2 aromatic carbocycles. The average molecular weight is 492 g/mol. The smallest absolute Gasteiger partial charge is 0.224 e. The molecule has 0 spiro atoms. The van der Waals surface area contributed by atoms with Gasteiger partial charge in [-0.2, -0.15) is 0 Å². The SMILES string of the molecule is COc1cc2c(cc1OC)C(CC(=O)NCc1ccco1)=C(C)C2=Cc1cc(OC)c(O)c(OC)c1. The zero-order valence-electron chi connectivity index (χ0n) is 20.9. The number of carbonyl (C=O) groups excluding carboxylic acids is 1. The number of amides is 1. The van der Waals surface area contributed by atoms with Crippen LogP contribution in [0.1, 0.15) is 35.8 Å². The molecule has 0 aliphatic heterocycles. The topological polar surface area (TPSA) is 99.4 Å². The van der Waals surface area contributed by atoms with E-state index in [9.17, 15) is 9.90 Å². The highest BCUT2D eigenvalue weighted by Crippen LogP contribution is 2.48. The summed E-state index contributed by atoms with van der Waals surface area (Å²) in [5, 5.41) is 13.2. The molecule has 0 fully saturated rings. The van der Waals surface area contributed by atoms with E-state index in [-0.39, 0.29) is 18.1 Å². The third kappa shape index (κ3) is 4.75. The van der Waals surface area contributed by atoms with Crippen molar-refractivity contribution in [3.8, 4) is 28.7 Å². The number of phenolic OH excluding ortho intramolecular Hbond substituents is 1. The summed E-state index contributed by atoms with van der Waals surface area (Å²) >= 11 is 0. The summed E-state index contributed by atoms with van der Waals surface area (Å²) in [5.74, 6) is 2.24. The number of aromatic hydroxyl groups is 1. The summed E-state index contributed by atoms with van der Waals surface area (Å²) in [5.41, 5.74) is 5.30. The lowest BCUT2D eigenvalue weighted by molar-refractivity contribution is -0.120. The van der Waals surface area contributed by atoms with Gasteiger partial charge in [0, 0.05) is 0 Å². The van der Waals surface area contributed by atoms with Gasteiger partial charge < -0.3 is 33.8 Å². The van der Waals surface area contributed by atoms with Crippen LogP contribution in [-0.2, 0) is 11.3 Å². The first kappa shape index (κ1) is 24.8. The predicted octanol–water partition coefficient (Wildman–Crippen LogP) is 5.05. The van der Waals surface area contributed by atoms with E-state index in [1.165, 1.54) is 14.2 Å². The Hall–Kier alpha value is -4.33. The lowest BCUT2D eigenvalue weighted by Crippen LogP contribution is -2.22. The first-order chi connectivity index (χ1) is 17.4. The second kappa shape index (κ2) is 10.5. The number of methoxy groups -OCH3 is 4. The zero-order valence-corrected chi connectivity index (χ0v) is 20.9. The molecule has 2 N–H and O–H groups in total. The number of hydrogen-bond donors (Lipinski definition) is 2. The van der Waals surface area contributed by atoms with Crippen LogP contribution in [-0.4, -0.2) is 39.5 Å². The number of benzene rings is 2. The Morgan fingerprint density at radius 2 is 1.56 bits per heavy atom. The van der Waals surface area contributed by atoms with E-state index < -0.39 is 0 Å². The largest absolute Gasteiger partial charge is 0.502 e. The van der Waals surface area contributed by atoms with Crippen molar-refractivity contribution >= 4 is 23.1 Å². The Balaban J connectivity index is 1.78. The normalized spacial score (nSPS) is 13.5. The molecule has 1 amide bonds. The number of fused-ring (bicyclic) bond motifs is 1. The number of phenols is 1. The molecule has 0 saturated carbocycles. The van der Waals surface area contributed by atoms with Crippen molar-refractivity contribution < 1.29 is 33.3 Å². The number of furan rings is 1. The van der Waals surface area contributed by atoms with Crippen LogP contribution in [0.4, 0.5) is 0 Å². The summed E-state index contributed by atoms with van der Waals surface area (Å²) in [6.45, 7) is 2.29. The summed E-state index contributed by atoms with van der Waals surface area (Å²) in [6.07, 6.45) is 3.72. The molecule has 8 nitrogen and oxygen atoms in total. The number of ether oxygens (including phenoxy) is 4. The Morgan fingerprint density at radius 1 is 0.944 bits per heavy atom. The van der Waals surface area contributed by atoms with Gasteiger partial charge >= 0.3 is 0 Å². The second-order valence-electron chi connectivity index (χ2n) is 8.22. The van der Waals surface area contributed by atoms with Crippen molar-refractivity contribution in [2.75, 3.05) is 28.4 Å². The van der Waals surface area contributed by atoms with Gasteiger partial charge in [-0.3, -0.25) is 4.79 Å². The molecule has 0 unspecified atom stereocenters. The standard InChI is InChI=1S/C28H29NO7/c1-16-19(9-17-10-25(34-4)28(31)26(11-17)35-5)21-12-23(32-2)24(33-3)13-22(21)20(16)14-27(30)29-15-18-7-6-8-36-18/h6-13,31H,14-15H2,1-5H3,(H,29,30).